The molecule has 0 spiro atoms. The molecule has 0 aliphatic heterocycles. The Hall–Kier alpha value is -4.45. The predicted octanol–water partition coefficient (Wildman–Crippen LogP) is 5.94. The number of benzene rings is 3. The fraction of sp³-hybridized carbons (Fsp3) is 0.219. The maximum Gasteiger partial charge on any atom is 0.253 e. The largest absolute Gasteiger partial charge is 0.460 e. The lowest BCUT2D eigenvalue weighted by Gasteiger charge is -2.19. The number of hydrogen-bond acceptors (Lipinski definition) is 5. The van der Waals surface area contributed by atoms with Crippen molar-refractivity contribution in [3.8, 4) is 17.4 Å². The number of nitrogens with one attached hydrogen (secondary N) is 3. The van der Waals surface area contributed by atoms with Gasteiger partial charge in [0.2, 0.25) is 5.91 Å². The van der Waals surface area contributed by atoms with Crippen molar-refractivity contribution in [1.29, 1.82) is 5.26 Å². The van der Waals surface area contributed by atoms with Crippen LogP contribution in [0.15, 0.2) is 83.3 Å². The number of rotatable bonds is 11. The summed E-state index contributed by atoms with van der Waals surface area (Å²) in [7, 11) is 1.54. The van der Waals surface area contributed by atoms with Crippen molar-refractivity contribution in [3.63, 3.8) is 0 Å². The zero-order valence-electron chi connectivity index (χ0n) is 22.7. The van der Waals surface area contributed by atoms with E-state index in [4.69, 9.17) is 21.3 Å². The summed E-state index contributed by atoms with van der Waals surface area (Å²) in [6.45, 7) is 2.44. The molecule has 210 valence electrons. The lowest BCUT2D eigenvalue weighted by molar-refractivity contribution is -0.121. The summed E-state index contributed by atoms with van der Waals surface area (Å²) in [5.41, 5.74) is 3.30. The van der Waals surface area contributed by atoms with E-state index in [9.17, 15) is 14.0 Å². The Labute approximate surface area is 243 Å². The molecular formula is C32H30ClFN4O3. The van der Waals surface area contributed by atoms with Gasteiger partial charge in [-0.2, -0.15) is 5.26 Å². The molecule has 0 aliphatic carbocycles. The molecule has 4 rings (SSSR count). The fourth-order valence-corrected chi connectivity index (χ4v) is 4.57. The van der Waals surface area contributed by atoms with E-state index in [1.165, 1.54) is 12.1 Å². The summed E-state index contributed by atoms with van der Waals surface area (Å²) in [4.78, 5) is 25.5. The smallest absolute Gasteiger partial charge is 0.253 e. The molecule has 3 aromatic carbocycles. The van der Waals surface area contributed by atoms with Crippen molar-refractivity contribution in [3.05, 3.63) is 118 Å². The van der Waals surface area contributed by atoms with Crippen LogP contribution >= 0.6 is 11.6 Å². The first-order valence-corrected chi connectivity index (χ1v) is 13.5. The molecule has 2 unspecified atom stereocenters. The highest BCUT2D eigenvalue weighted by molar-refractivity contribution is 6.34. The summed E-state index contributed by atoms with van der Waals surface area (Å²) in [5.74, 6) is 0.362. The van der Waals surface area contributed by atoms with E-state index in [1.807, 2.05) is 19.1 Å². The van der Waals surface area contributed by atoms with Gasteiger partial charge in [0.1, 0.15) is 17.3 Å². The second-order valence-corrected chi connectivity index (χ2v) is 10.1. The van der Waals surface area contributed by atoms with Crippen molar-refractivity contribution >= 4 is 23.4 Å². The lowest BCUT2D eigenvalue weighted by atomic mass is 10.0. The second-order valence-electron chi connectivity index (χ2n) is 9.68. The lowest BCUT2D eigenvalue weighted by Crippen LogP contribution is -2.40. The van der Waals surface area contributed by atoms with E-state index in [1.54, 1.807) is 61.6 Å². The van der Waals surface area contributed by atoms with Gasteiger partial charge >= 0.3 is 0 Å². The number of carbonyl (C=O) groups excluding carboxylic acids is 2. The molecule has 1 aromatic heterocycles. The van der Waals surface area contributed by atoms with Crippen LogP contribution in [0, 0.1) is 17.1 Å². The second kappa shape index (κ2) is 13.8. The molecule has 41 heavy (non-hydrogen) atoms. The summed E-state index contributed by atoms with van der Waals surface area (Å²) in [6.07, 6.45) is 0.470. The van der Waals surface area contributed by atoms with Gasteiger partial charge in [0, 0.05) is 31.1 Å². The highest BCUT2D eigenvalue weighted by Crippen LogP contribution is 2.27. The van der Waals surface area contributed by atoms with Gasteiger partial charge < -0.3 is 20.4 Å². The average Bonchev–Trinajstić information content (AvgIpc) is 3.46. The van der Waals surface area contributed by atoms with E-state index in [2.05, 4.69) is 22.0 Å². The molecule has 2 amide bonds. The third kappa shape index (κ3) is 8.04. The Kier molecular flexibility index (Phi) is 9.91. The van der Waals surface area contributed by atoms with Crippen LogP contribution in [0.4, 0.5) is 4.39 Å². The summed E-state index contributed by atoms with van der Waals surface area (Å²) < 4.78 is 19.2. The van der Waals surface area contributed by atoms with Crippen molar-refractivity contribution < 1.29 is 18.4 Å². The van der Waals surface area contributed by atoms with E-state index < -0.39 is 11.9 Å². The molecule has 2 atom stereocenters. The van der Waals surface area contributed by atoms with Gasteiger partial charge in [0.05, 0.1) is 28.8 Å². The standard InChI is InChI=1S/C32H30ClFN4O3/c1-20(23-7-10-25(34)11-8-23)37-19-27-12-14-30(41-27)24-9-13-29(33)28(16-24)32(40)38-26(17-31(39)36-2)15-21-3-5-22(18-35)6-4-21/h3-14,16,20,26,37H,15,17,19H2,1-2H3,(H,36,39)(H,38,40). The minimum absolute atomic E-state index is 0.0120. The number of amides is 2. The van der Waals surface area contributed by atoms with E-state index in [0.29, 0.717) is 35.6 Å². The summed E-state index contributed by atoms with van der Waals surface area (Å²) >= 11 is 6.41. The van der Waals surface area contributed by atoms with Crippen molar-refractivity contribution in [2.45, 2.75) is 38.4 Å². The van der Waals surface area contributed by atoms with Crippen LogP contribution in [0.5, 0.6) is 0 Å². The topological polar surface area (TPSA) is 107 Å². The van der Waals surface area contributed by atoms with Crippen molar-refractivity contribution in [1.82, 2.24) is 16.0 Å². The number of nitrogens with zero attached hydrogens (tertiary/aromatic N) is 1. The van der Waals surface area contributed by atoms with Crippen LogP contribution in [0.2, 0.25) is 5.02 Å². The molecule has 0 radical (unpaired) electrons. The SMILES string of the molecule is CNC(=O)CC(Cc1ccc(C#N)cc1)NC(=O)c1cc(-c2ccc(CNC(C)c3ccc(F)cc3)o2)ccc1Cl. The third-order valence-corrected chi connectivity index (χ3v) is 7.05. The molecule has 4 aromatic rings. The van der Waals surface area contributed by atoms with E-state index in [0.717, 1.165) is 11.1 Å². The fourth-order valence-electron chi connectivity index (χ4n) is 4.37. The van der Waals surface area contributed by atoms with Gasteiger partial charge in [0.25, 0.3) is 5.91 Å². The molecule has 0 bridgehead atoms. The Balaban J connectivity index is 1.45. The molecule has 0 aliphatic rings. The Bertz CT molecular complexity index is 1540. The van der Waals surface area contributed by atoms with Crippen molar-refractivity contribution in [2.24, 2.45) is 0 Å². The maximum atomic E-state index is 13.3. The van der Waals surface area contributed by atoms with Crippen LogP contribution in [-0.2, 0) is 17.8 Å². The van der Waals surface area contributed by atoms with Gasteiger partial charge in [0.15, 0.2) is 0 Å². The average molecular weight is 573 g/mol. The molecule has 0 saturated heterocycles. The van der Waals surface area contributed by atoms with Crippen LogP contribution in [-0.4, -0.2) is 24.9 Å². The van der Waals surface area contributed by atoms with Gasteiger partial charge in [-0.05, 0) is 79.1 Å². The summed E-state index contributed by atoms with van der Waals surface area (Å²) in [6, 6.07) is 23.7. The summed E-state index contributed by atoms with van der Waals surface area (Å²) in [5, 5.41) is 18.2. The Morgan fingerprint density at radius 3 is 2.44 bits per heavy atom. The number of nitriles is 1. The van der Waals surface area contributed by atoms with Crippen LogP contribution in [0.1, 0.15) is 52.2 Å². The monoisotopic (exact) mass is 572 g/mol. The first-order valence-electron chi connectivity index (χ1n) is 13.1. The highest BCUT2D eigenvalue weighted by atomic mass is 35.5. The Morgan fingerprint density at radius 2 is 1.76 bits per heavy atom. The van der Waals surface area contributed by atoms with E-state index >= 15 is 0 Å². The Morgan fingerprint density at radius 1 is 1.02 bits per heavy atom. The van der Waals surface area contributed by atoms with Crippen LogP contribution in [0.3, 0.4) is 0 Å². The van der Waals surface area contributed by atoms with Gasteiger partial charge in [-0.1, -0.05) is 35.9 Å². The molecule has 9 heteroatoms. The van der Waals surface area contributed by atoms with Gasteiger partial charge in [-0.3, -0.25) is 9.59 Å². The van der Waals surface area contributed by atoms with Gasteiger partial charge in [-0.25, -0.2) is 4.39 Å². The molecule has 7 nitrogen and oxygen atoms in total. The predicted molar refractivity (Wildman–Crippen MR) is 156 cm³/mol. The number of carbonyl (C=O) groups is 2. The van der Waals surface area contributed by atoms with Gasteiger partial charge in [-0.15, -0.1) is 0 Å². The molecule has 0 fully saturated rings. The van der Waals surface area contributed by atoms with E-state index in [-0.39, 0.29) is 34.8 Å². The number of halogens is 2. The molecule has 0 saturated carbocycles. The number of furan rings is 1. The zero-order valence-corrected chi connectivity index (χ0v) is 23.5. The molecule has 3 N–H and O–H groups in total. The zero-order chi connectivity index (χ0) is 29.4. The molecular weight excluding hydrogens is 543 g/mol. The minimum Gasteiger partial charge on any atom is -0.460 e. The van der Waals surface area contributed by atoms with Crippen LogP contribution in [0.25, 0.3) is 11.3 Å². The van der Waals surface area contributed by atoms with Crippen molar-refractivity contribution in [2.75, 3.05) is 7.05 Å². The normalized spacial score (nSPS) is 12.3. The number of hydrogen-bond donors (Lipinski definition) is 3. The van der Waals surface area contributed by atoms with Crippen LogP contribution < -0.4 is 16.0 Å². The highest BCUT2D eigenvalue weighted by Gasteiger charge is 2.20. The minimum atomic E-state index is -0.500. The maximum absolute atomic E-state index is 13.3. The third-order valence-electron chi connectivity index (χ3n) is 6.72. The first-order chi connectivity index (χ1) is 19.7. The quantitative estimate of drug-likeness (QED) is 0.206. The first kappa shape index (κ1) is 29.5. The molecule has 1 heterocycles.